The maximum absolute atomic E-state index is 13.0. The number of hydrogen-bond donors (Lipinski definition) is 1. The van der Waals surface area contributed by atoms with Gasteiger partial charge in [-0.25, -0.2) is 4.39 Å². The predicted molar refractivity (Wildman–Crippen MR) is 70.5 cm³/mol. The quantitative estimate of drug-likeness (QED) is 0.875. The zero-order valence-corrected chi connectivity index (χ0v) is 11.2. The van der Waals surface area contributed by atoms with E-state index < -0.39 is 0 Å². The minimum Gasteiger partial charge on any atom is -0.380 e. The number of hydrogen-bond acceptors (Lipinski definition) is 2. The molecule has 1 N–H and O–H groups in total. The van der Waals surface area contributed by atoms with Gasteiger partial charge in [-0.15, -0.1) is 11.3 Å². The number of rotatable bonds is 3. The smallest absolute Gasteiger partial charge is 0.137 e. The van der Waals surface area contributed by atoms with Gasteiger partial charge >= 0.3 is 0 Å². The molecule has 84 valence electrons. The number of thiophene rings is 1. The van der Waals surface area contributed by atoms with Crippen LogP contribution in [0.2, 0.25) is 0 Å². The lowest BCUT2D eigenvalue weighted by Gasteiger charge is -2.05. The molecule has 16 heavy (non-hydrogen) atoms. The molecule has 0 bridgehead atoms. The second kappa shape index (κ2) is 4.97. The normalized spacial score (nSPS) is 10.4. The predicted octanol–water partition coefficient (Wildman–Crippen LogP) is 4.57. The Morgan fingerprint density at radius 2 is 2.12 bits per heavy atom. The molecule has 0 saturated heterocycles. The molecule has 2 rings (SSSR count). The van der Waals surface area contributed by atoms with Gasteiger partial charge in [-0.3, -0.25) is 0 Å². The van der Waals surface area contributed by atoms with Gasteiger partial charge in [0.2, 0.25) is 0 Å². The summed E-state index contributed by atoms with van der Waals surface area (Å²) in [5.74, 6) is -0.238. The van der Waals surface area contributed by atoms with Crippen LogP contribution in [0.5, 0.6) is 0 Å². The Balaban J connectivity index is 2.02. The van der Waals surface area contributed by atoms with Crippen molar-refractivity contribution in [2.45, 2.75) is 13.5 Å². The highest BCUT2D eigenvalue weighted by molar-refractivity contribution is 9.10. The van der Waals surface area contributed by atoms with E-state index in [9.17, 15) is 4.39 Å². The highest BCUT2D eigenvalue weighted by Gasteiger charge is 2.01. The molecule has 1 heterocycles. The monoisotopic (exact) mass is 299 g/mol. The average molecular weight is 300 g/mol. The fraction of sp³-hybridized carbons (Fsp3) is 0.167. The fourth-order valence-electron chi connectivity index (χ4n) is 1.38. The van der Waals surface area contributed by atoms with E-state index in [-0.39, 0.29) is 5.82 Å². The fourth-order valence-corrected chi connectivity index (χ4v) is 2.58. The third-order valence-corrected chi connectivity index (χ3v) is 3.79. The first kappa shape index (κ1) is 11.6. The largest absolute Gasteiger partial charge is 0.380 e. The molecule has 0 saturated carbocycles. The van der Waals surface area contributed by atoms with Crippen molar-refractivity contribution < 1.29 is 4.39 Å². The van der Waals surface area contributed by atoms with Crippen molar-refractivity contribution in [3.05, 3.63) is 50.4 Å². The van der Waals surface area contributed by atoms with Gasteiger partial charge in [0.15, 0.2) is 0 Å². The first-order chi connectivity index (χ1) is 7.65. The third-order valence-electron chi connectivity index (χ3n) is 2.18. The van der Waals surface area contributed by atoms with Crippen molar-refractivity contribution in [3.8, 4) is 0 Å². The van der Waals surface area contributed by atoms with Gasteiger partial charge in [-0.1, -0.05) is 0 Å². The number of anilines is 1. The summed E-state index contributed by atoms with van der Waals surface area (Å²) in [6.45, 7) is 2.86. The second-order valence-corrected chi connectivity index (χ2v) is 5.72. The molecule has 1 aromatic carbocycles. The van der Waals surface area contributed by atoms with E-state index in [1.807, 2.05) is 0 Å². The highest BCUT2D eigenvalue weighted by atomic mass is 79.9. The summed E-state index contributed by atoms with van der Waals surface area (Å²) in [5, 5.41) is 3.26. The summed E-state index contributed by atoms with van der Waals surface area (Å²) in [6, 6.07) is 9.14. The van der Waals surface area contributed by atoms with Gasteiger partial charge < -0.3 is 5.32 Å². The van der Waals surface area contributed by atoms with E-state index in [0.29, 0.717) is 4.47 Å². The molecular weight excluding hydrogens is 289 g/mol. The van der Waals surface area contributed by atoms with Crippen molar-refractivity contribution >= 4 is 33.0 Å². The Kier molecular flexibility index (Phi) is 3.61. The van der Waals surface area contributed by atoms with Crippen molar-refractivity contribution in [3.63, 3.8) is 0 Å². The van der Waals surface area contributed by atoms with Gasteiger partial charge in [0, 0.05) is 22.0 Å². The zero-order chi connectivity index (χ0) is 11.5. The van der Waals surface area contributed by atoms with Crippen molar-refractivity contribution in [1.29, 1.82) is 0 Å². The van der Waals surface area contributed by atoms with E-state index in [2.05, 4.69) is 40.3 Å². The van der Waals surface area contributed by atoms with Crippen molar-refractivity contribution in [2.75, 3.05) is 5.32 Å². The standard InChI is InChI=1S/C12H11BrFNS/c1-8-2-4-10(16-8)7-15-9-3-5-12(14)11(13)6-9/h2-6,15H,7H2,1H3. The average Bonchev–Trinajstić information content (AvgIpc) is 2.66. The van der Waals surface area contributed by atoms with Crippen LogP contribution in [-0.4, -0.2) is 0 Å². The lowest BCUT2D eigenvalue weighted by Crippen LogP contribution is -1.97. The minimum absolute atomic E-state index is 0.238. The molecule has 0 unspecified atom stereocenters. The van der Waals surface area contributed by atoms with Crippen molar-refractivity contribution in [1.82, 2.24) is 0 Å². The molecule has 1 aromatic heterocycles. The molecule has 0 atom stereocenters. The van der Waals surface area contributed by atoms with E-state index in [1.165, 1.54) is 15.8 Å². The molecule has 2 aromatic rings. The van der Waals surface area contributed by atoms with Crippen LogP contribution >= 0.6 is 27.3 Å². The Labute approximate surface area is 106 Å². The minimum atomic E-state index is -0.238. The van der Waals surface area contributed by atoms with Crippen LogP contribution < -0.4 is 5.32 Å². The first-order valence-corrected chi connectivity index (χ1v) is 6.50. The lowest BCUT2D eigenvalue weighted by atomic mass is 10.3. The van der Waals surface area contributed by atoms with Crippen LogP contribution in [-0.2, 0) is 6.54 Å². The molecule has 4 heteroatoms. The molecule has 0 radical (unpaired) electrons. The van der Waals surface area contributed by atoms with E-state index in [0.717, 1.165) is 12.2 Å². The van der Waals surface area contributed by atoms with Gasteiger partial charge in [0.1, 0.15) is 5.82 Å². The first-order valence-electron chi connectivity index (χ1n) is 4.89. The summed E-state index contributed by atoms with van der Waals surface area (Å²) in [4.78, 5) is 2.58. The van der Waals surface area contributed by atoms with E-state index in [1.54, 1.807) is 23.5 Å². The van der Waals surface area contributed by atoms with Gasteiger partial charge in [-0.2, -0.15) is 0 Å². The maximum Gasteiger partial charge on any atom is 0.137 e. The molecule has 0 fully saturated rings. The molecule has 0 aliphatic carbocycles. The van der Waals surface area contributed by atoms with Crippen LogP contribution in [0.25, 0.3) is 0 Å². The van der Waals surface area contributed by atoms with Gasteiger partial charge in [-0.05, 0) is 53.2 Å². The summed E-state index contributed by atoms with van der Waals surface area (Å²) in [6.07, 6.45) is 0. The summed E-state index contributed by atoms with van der Waals surface area (Å²) in [5.41, 5.74) is 0.916. The molecule has 1 nitrogen and oxygen atoms in total. The SMILES string of the molecule is Cc1ccc(CNc2ccc(F)c(Br)c2)s1. The number of halogens is 2. The van der Waals surface area contributed by atoms with E-state index >= 15 is 0 Å². The third kappa shape index (κ3) is 2.83. The Hall–Kier alpha value is -0.870. The van der Waals surface area contributed by atoms with Crippen molar-refractivity contribution in [2.24, 2.45) is 0 Å². The topological polar surface area (TPSA) is 12.0 Å². The number of nitrogens with one attached hydrogen (secondary N) is 1. The molecule has 0 amide bonds. The van der Waals surface area contributed by atoms with Crippen LogP contribution in [0.1, 0.15) is 9.75 Å². The molecule has 0 aliphatic rings. The summed E-state index contributed by atoms with van der Waals surface area (Å²) >= 11 is 4.93. The molecule has 0 spiro atoms. The summed E-state index contributed by atoms with van der Waals surface area (Å²) in [7, 11) is 0. The van der Waals surface area contributed by atoms with Crippen LogP contribution in [0.15, 0.2) is 34.8 Å². The Morgan fingerprint density at radius 3 is 2.75 bits per heavy atom. The van der Waals surface area contributed by atoms with Crippen LogP contribution in [0.3, 0.4) is 0 Å². The number of benzene rings is 1. The van der Waals surface area contributed by atoms with Gasteiger partial charge in [0.05, 0.1) is 4.47 Å². The van der Waals surface area contributed by atoms with Crippen LogP contribution in [0, 0.1) is 12.7 Å². The highest BCUT2D eigenvalue weighted by Crippen LogP contribution is 2.21. The van der Waals surface area contributed by atoms with E-state index in [4.69, 9.17) is 0 Å². The Bertz CT molecular complexity index is 496. The number of aryl methyl sites for hydroxylation is 1. The zero-order valence-electron chi connectivity index (χ0n) is 8.76. The van der Waals surface area contributed by atoms with Gasteiger partial charge in [0.25, 0.3) is 0 Å². The molecular formula is C12H11BrFNS. The molecule has 0 aliphatic heterocycles. The Morgan fingerprint density at radius 1 is 1.31 bits per heavy atom. The maximum atomic E-state index is 13.0. The van der Waals surface area contributed by atoms with Crippen LogP contribution in [0.4, 0.5) is 10.1 Å². The second-order valence-electron chi connectivity index (χ2n) is 3.49. The summed E-state index contributed by atoms with van der Waals surface area (Å²) < 4.78 is 13.5. The lowest BCUT2D eigenvalue weighted by molar-refractivity contribution is 0.621.